The van der Waals surface area contributed by atoms with E-state index < -0.39 is 11.4 Å². The fourth-order valence-corrected chi connectivity index (χ4v) is 2.58. The summed E-state index contributed by atoms with van der Waals surface area (Å²) in [6.07, 6.45) is 0.654. The zero-order valence-electron chi connectivity index (χ0n) is 11.8. The molecule has 1 fully saturated rings. The van der Waals surface area contributed by atoms with Crippen molar-refractivity contribution >= 4 is 5.97 Å². The molecule has 0 bridgehead atoms. The second kappa shape index (κ2) is 6.13. The van der Waals surface area contributed by atoms with E-state index in [-0.39, 0.29) is 6.10 Å². The lowest BCUT2D eigenvalue weighted by Gasteiger charge is -2.27. The molecule has 5 heteroatoms. The minimum absolute atomic E-state index is 0.290. The van der Waals surface area contributed by atoms with Crippen LogP contribution in [0.2, 0.25) is 0 Å². The molecule has 1 aliphatic heterocycles. The van der Waals surface area contributed by atoms with Crippen LogP contribution in [-0.4, -0.2) is 37.5 Å². The molecule has 1 aromatic carbocycles. The highest BCUT2D eigenvalue weighted by atomic mass is 16.5. The van der Waals surface area contributed by atoms with E-state index >= 15 is 0 Å². The van der Waals surface area contributed by atoms with Gasteiger partial charge in [-0.2, -0.15) is 0 Å². The largest absolute Gasteiger partial charge is 0.493 e. The topological polar surface area (TPSA) is 65.0 Å². The van der Waals surface area contributed by atoms with Gasteiger partial charge in [0.2, 0.25) is 0 Å². The normalized spacial score (nSPS) is 25.4. The van der Waals surface area contributed by atoms with E-state index in [1.807, 2.05) is 25.1 Å². The molecule has 5 nitrogen and oxygen atoms in total. The van der Waals surface area contributed by atoms with Crippen molar-refractivity contribution in [3.8, 4) is 11.5 Å². The molecule has 2 atom stereocenters. The molecule has 0 aliphatic carbocycles. The number of ether oxygens (including phenoxy) is 3. The minimum Gasteiger partial charge on any atom is -0.493 e. The van der Waals surface area contributed by atoms with E-state index in [4.69, 9.17) is 14.2 Å². The van der Waals surface area contributed by atoms with Crippen LogP contribution in [0.3, 0.4) is 0 Å². The molecule has 0 spiro atoms. The second-order valence-electron chi connectivity index (χ2n) is 4.97. The van der Waals surface area contributed by atoms with Crippen molar-refractivity contribution in [2.45, 2.75) is 25.9 Å². The Kier molecular flexibility index (Phi) is 4.49. The van der Waals surface area contributed by atoms with Gasteiger partial charge in [0.15, 0.2) is 11.5 Å². The third kappa shape index (κ3) is 2.72. The predicted molar refractivity (Wildman–Crippen MR) is 73.2 cm³/mol. The van der Waals surface area contributed by atoms with Crippen LogP contribution in [0.25, 0.3) is 0 Å². The summed E-state index contributed by atoms with van der Waals surface area (Å²) >= 11 is 0. The van der Waals surface area contributed by atoms with Crippen molar-refractivity contribution in [2.24, 2.45) is 5.41 Å². The Labute approximate surface area is 118 Å². The fraction of sp³-hybridized carbons (Fsp3) is 0.533. The number of aliphatic carboxylic acids is 1. The smallest absolute Gasteiger partial charge is 0.312 e. The van der Waals surface area contributed by atoms with Gasteiger partial charge in [0.25, 0.3) is 0 Å². The summed E-state index contributed by atoms with van der Waals surface area (Å²) in [5.41, 5.74) is -0.845. The summed E-state index contributed by atoms with van der Waals surface area (Å²) in [5.74, 6) is 0.459. The number of hydrogen-bond acceptors (Lipinski definition) is 4. The van der Waals surface area contributed by atoms with Crippen LogP contribution >= 0.6 is 0 Å². The van der Waals surface area contributed by atoms with Crippen molar-refractivity contribution < 1.29 is 24.1 Å². The van der Waals surface area contributed by atoms with E-state index in [0.717, 1.165) is 0 Å². The molecular weight excluding hydrogens is 260 g/mol. The number of rotatable bonds is 6. The van der Waals surface area contributed by atoms with Gasteiger partial charge in [-0.1, -0.05) is 12.1 Å². The molecule has 20 heavy (non-hydrogen) atoms. The van der Waals surface area contributed by atoms with Gasteiger partial charge in [-0.15, -0.1) is 0 Å². The molecule has 1 saturated heterocycles. The van der Waals surface area contributed by atoms with Gasteiger partial charge in [-0.05, 0) is 25.5 Å². The number of carboxylic acid groups (broad SMARTS) is 1. The molecule has 2 unspecified atom stereocenters. The van der Waals surface area contributed by atoms with Crippen LogP contribution < -0.4 is 9.47 Å². The first-order chi connectivity index (χ1) is 9.60. The maximum absolute atomic E-state index is 11.5. The molecular formula is C15H20O5. The molecule has 0 amide bonds. The summed E-state index contributed by atoms with van der Waals surface area (Å²) in [5, 5.41) is 9.47. The Bertz CT molecular complexity index is 473. The highest BCUT2D eigenvalue weighted by Crippen LogP contribution is 2.39. The highest BCUT2D eigenvalue weighted by Gasteiger charge is 2.48. The molecule has 0 saturated carbocycles. The summed E-state index contributed by atoms with van der Waals surface area (Å²) in [7, 11) is 1.58. The van der Waals surface area contributed by atoms with Gasteiger partial charge >= 0.3 is 5.97 Å². The number of para-hydroxylation sites is 2. The lowest BCUT2D eigenvalue weighted by atomic mass is 9.79. The number of carbonyl (C=O) groups is 1. The number of carboxylic acids is 1. The maximum Gasteiger partial charge on any atom is 0.312 e. The van der Waals surface area contributed by atoms with E-state index in [1.165, 1.54) is 0 Å². The van der Waals surface area contributed by atoms with Crippen LogP contribution in [0, 0.1) is 5.41 Å². The Balaban J connectivity index is 1.99. The number of benzene rings is 1. The standard InChI is InChI=1S/C15H20O5/c1-11-15(14(16)17,7-9-19-11)8-10-20-13-6-4-3-5-12(13)18-2/h3-6,11H,7-10H2,1-2H3,(H,16,17). The molecule has 1 aliphatic rings. The van der Waals surface area contributed by atoms with Crippen molar-refractivity contribution in [3.63, 3.8) is 0 Å². The first-order valence-electron chi connectivity index (χ1n) is 6.71. The first-order valence-corrected chi connectivity index (χ1v) is 6.71. The third-order valence-electron chi connectivity index (χ3n) is 3.99. The average Bonchev–Trinajstić information content (AvgIpc) is 2.82. The molecule has 0 radical (unpaired) electrons. The molecule has 2 rings (SSSR count). The van der Waals surface area contributed by atoms with Gasteiger partial charge in [-0.25, -0.2) is 0 Å². The van der Waals surface area contributed by atoms with Crippen LogP contribution in [-0.2, 0) is 9.53 Å². The van der Waals surface area contributed by atoms with E-state index in [0.29, 0.717) is 37.6 Å². The van der Waals surface area contributed by atoms with Crippen molar-refractivity contribution in [2.75, 3.05) is 20.3 Å². The first kappa shape index (κ1) is 14.7. The third-order valence-corrected chi connectivity index (χ3v) is 3.99. The molecule has 1 N–H and O–H groups in total. The minimum atomic E-state index is -0.845. The van der Waals surface area contributed by atoms with Crippen LogP contribution in [0.1, 0.15) is 19.8 Å². The number of hydrogen-bond donors (Lipinski definition) is 1. The fourth-order valence-electron chi connectivity index (χ4n) is 2.58. The number of methoxy groups -OCH3 is 1. The van der Waals surface area contributed by atoms with Crippen molar-refractivity contribution in [1.29, 1.82) is 0 Å². The summed E-state index contributed by atoms with van der Waals surface area (Å²) in [4.78, 5) is 11.5. The Morgan fingerprint density at radius 1 is 1.45 bits per heavy atom. The quantitative estimate of drug-likeness (QED) is 0.866. The molecule has 1 aromatic rings. The van der Waals surface area contributed by atoms with Crippen LogP contribution in [0.4, 0.5) is 0 Å². The summed E-state index contributed by atoms with van der Waals surface area (Å²) < 4.78 is 16.3. The van der Waals surface area contributed by atoms with Crippen LogP contribution in [0.5, 0.6) is 11.5 Å². The van der Waals surface area contributed by atoms with Gasteiger partial charge < -0.3 is 19.3 Å². The van der Waals surface area contributed by atoms with Crippen molar-refractivity contribution in [3.05, 3.63) is 24.3 Å². The van der Waals surface area contributed by atoms with E-state index in [1.54, 1.807) is 13.2 Å². The van der Waals surface area contributed by atoms with Gasteiger partial charge in [-0.3, -0.25) is 4.79 Å². The van der Waals surface area contributed by atoms with Gasteiger partial charge in [0.1, 0.15) is 0 Å². The summed E-state index contributed by atoms with van der Waals surface area (Å²) in [6, 6.07) is 7.33. The van der Waals surface area contributed by atoms with E-state index in [9.17, 15) is 9.90 Å². The SMILES string of the molecule is COc1ccccc1OCCC1(C(=O)O)CCOC1C. The van der Waals surface area contributed by atoms with Crippen molar-refractivity contribution in [1.82, 2.24) is 0 Å². The zero-order chi connectivity index (χ0) is 14.6. The second-order valence-corrected chi connectivity index (χ2v) is 4.97. The lowest BCUT2D eigenvalue weighted by molar-refractivity contribution is -0.153. The summed E-state index contributed by atoms with van der Waals surface area (Å²) in [6.45, 7) is 2.62. The Hall–Kier alpha value is -1.75. The van der Waals surface area contributed by atoms with E-state index in [2.05, 4.69) is 0 Å². The highest BCUT2D eigenvalue weighted by molar-refractivity contribution is 5.75. The van der Waals surface area contributed by atoms with Gasteiger partial charge in [0.05, 0.1) is 25.2 Å². The average molecular weight is 280 g/mol. The molecule has 1 heterocycles. The lowest BCUT2D eigenvalue weighted by Crippen LogP contribution is -2.38. The molecule has 0 aromatic heterocycles. The maximum atomic E-state index is 11.5. The van der Waals surface area contributed by atoms with Gasteiger partial charge in [0, 0.05) is 13.0 Å². The Morgan fingerprint density at radius 2 is 2.15 bits per heavy atom. The Morgan fingerprint density at radius 3 is 2.70 bits per heavy atom. The monoisotopic (exact) mass is 280 g/mol. The zero-order valence-corrected chi connectivity index (χ0v) is 11.8. The predicted octanol–water partition coefficient (Wildman–Crippen LogP) is 2.34. The molecule has 110 valence electrons. The van der Waals surface area contributed by atoms with Crippen LogP contribution in [0.15, 0.2) is 24.3 Å².